The highest BCUT2D eigenvalue weighted by Gasteiger charge is 2.13. The predicted octanol–water partition coefficient (Wildman–Crippen LogP) is 1.88. The third kappa shape index (κ3) is 3.30. The maximum absolute atomic E-state index is 5.91. The van der Waals surface area contributed by atoms with Crippen LogP contribution in [0.1, 0.15) is 24.7 Å². The minimum atomic E-state index is 0.0948. The van der Waals surface area contributed by atoms with E-state index in [0.29, 0.717) is 6.61 Å². The Morgan fingerprint density at radius 3 is 2.81 bits per heavy atom. The molecule has 4 nitrogen and oxygen atoms in total. The largest absolute Gasteiger partial charge is 0.383 e. The van der Waals surface area contributed by atoms with Gasteiger partial charge < -0.3 is 10.5 Å². The Morgan fingerprint density at radius 2 is 2.25 bits per heavy atom. The van der Waals surface area contributed by atoms with Crippen LogP contribution < -0.4 is 5.73 Å². The van der Waals surface area contributed by atoms with E-state index in [-0.39, 0.29) is 6.04 Å². The minimum Gasteiger partial charge on any atom is -0.383 e. The molecule has 16 heavy (non-hydrogen) atoms. The Morgan fingerprint density at radius 1 is 1.56 bits per heavy atom. The number of hydrogen-bond donors (Lipinski definition) is 1. The van der Waals surface area contributed by atoms with Crippen molar-refractivity contribution in [3.8, 4) is 0 Å². The van der Waals surface area contributed by atoms with Gasteiger partial charge >= 0.3 is 0 Å². The van der Waals surface area contributed by atoms with Gasteiger partial charge in [-0.3, -0.25) is 4.68 Å². The van der Waals surface area contributed by atoms with Crippen molar-refractivity contribution in [2.24, 2.45) is 5.73 Å². The number of nitrogens with two attached hydrogens (primary N) is 1. The molecule has 0 aliphatic carbocycles. The fourth-order valence-electron chi connectivity index (χ4n) is 1.73. The van der Waals surface area contributed by atoms with E-state index in [2.05, 4.69) is 28.0 Å². The molecule has 5 heteroatoms. The molecule has 92 valence electrons. The van der Waals surface area contributed by atoms with E-state index < -0.39 is 0 Å². The van der Waals surface area contributed by atoms with Crippen LogP contribution >= 0.6 is 15.9 Å². The standard InChI is InChI=1S/C11H20BrN3O/c1-4-15-10(11(12)8(2)14-15)6-5-9(13)7-16-3/h9H,4-7,13H2,1-3H3. The monoisotopic (exact) mass is 289 g/mol. The molecule has 0 spiro atoms. The number of aromatic nitrogens is 2. The van der Waals surface area contributed by atoms with Crippen molar-refractivity contribution >= 4 is 15.9 Å². The Bertz CT molecular complexity index is 338. The van der Waals surface area contributed by atoms with Crippen LogP contribution in [0.25, 0.3) is 0 Å². The molecule has 0 aliphatic rings. The van der Waals surface area contributed by atoms with Crippen molar-refractivity contribution in [1.29, 1.82) is 0 Å². The molecule has 0 radical (unpaired) electrons. The van der Waals surface area contributed by atoms with Crippen LogP contribution in [-0.2, 0) is 17.7 Å². The first-order valence-corrected chi connectivity index (χ1v) is 6.35. The van der Waals surface area contributed by atoms with E-state index in [9.17, 15) is 0 Å². The van der Waals surface area contributed by atoms with Crippen molar-refractivity contribution in [1.82, 2.24) is 9.78 Å². The first-order valence-electron chi connectivity index (χ1n) is 5.56. The quantitative estimate of drug-likeness (QED) is 0.870. The molecule has 1 aromatic rings. The van der Waals surface area contributed by atoms with Crippen LogP contribution in [0.2, 0.25) is 0 Å². The average Bonchev–Trinajstić information content (AvgIpc) is 2.53. The normalized spacial score (nSPS) is 13.1. The summed E-state index contributed by atoms with van der Waals surface area (Å²) in [5.41, 5.74) is 8.18. The van der Waals surface area contributed by atoms with E-state index in [1.54, 1.807) is 7.11 Å². The van der Waals surface area contributed by atoms with Crippen molar-refractivity contribution in [3.05, 3.63) is 15.9 Å². The Kier molecular flexibility index (Phi) is 5.44. The van der Waals surface area contributed by atoms with Gasteiger partial charge in [-0.1, -0.05) is 0 Å². The first kappa shape index (κ1) is 13.7. The summed E-state index contributed by atoms with van der Waals surface area (Å²) in [5, 5.41) is 4.45. The molecule has 1 aromatic heterocycles. The average molecular weight is 290 g/mol. The molecule has 1 rings (SSSR count). The summed E-state index contributed by atoms with van der Waals surface area (Å²) in [6, 6.07) is 0.0948. The number of methoxy groups -OCH3 is 1. The molecule has 2 N–H and O–H groups in total. The number of rotatable bonds is 6. The maximum Gasteiger partial charge on any atom is 0.0738 e. The van der Waals surface area contributed by atoms with Gasteiger partial charge in [-0.15, -0.1) is 0 Å². The topological polar surface area (TPSA) is 53.1 Å². The van der Waals surface area contributed by atoms with Gasteiger partial charge in [0.05, 0.1) is 22.5 Å². The van der Waals surface area contributed by atoms with Crippen LogP contribution in [0.5, 0.6) is 0 Å². The maximum atomic E-state index is 5.91. The lowest BCUT2D eigenvalue weighted by molar-refractivity contribution is 0.177. The van der Waals surface area contributed by atoms with Gasteiger partial charge in [0.1, 0.15) is 0 Å². The third-order valence-electron chi connectivity index (χ3n) is 2.59. The highest BCUT2D eigenvalue weighted by atomic mass is 79.9. The molecule has 1 atom stereocenters. The lowest BCUT2D eigenvalue weighted by Crippen LogP contribution is -2.26. The van der Waals surface area contributed by atoms with Crippen LogP contribution in [0.15, 0.2) is 4.47 Å². The first-order chi connectivity index (χ1) is 7.60. The van der Waals surface area contributed by atoms with E-state index in [1.165, 1.54) is 5.69 Å². The predicted molar refractivity (Wildman–Crippen MR) is 68.5 cm³/mol. The van der Waals surface area contributed by atoms with Gasteiger partial charge in [0.2, 0.25) is 0 Å². The SMILES string of the molecule is CCn1nc(C)c(Br)c1CCC(N)COC. The Labute approximate surface area is 105 Å². The summed E-state index contributed by atoms with van der Waals surface area (Å²) in [5.74, 6) is 0. The molecule has 0 fully saturated rings. The number of nitrogens with zero attached hydrogens (tertiary/aromatic N) is 2. The lowest BCUT2D eigenvalue weighted by Gasteiger charge is -2.11. The molecule has 0 amide bonds. The molecule has 0 aromatic carbocycles. The highest BCUT2D eigenvalue weighted by Crippen LogP contribution is 2.22. The van der Waals surface area contributed by atoms with Crippen molar-refractivity contribution in [2.45, 2.75) is 39.3 Å². The van der Waals surface area contributed by atoms with E-state index in [1.807, 2.05) is 11.6 Å². The second kappa shape index (κ2) is 6.37. The molecular weight excluding hydrogens is 270 g/mol. The Balaban J connectivity index is 2.65. The van der Waals surface area contributed by atoms with Crippen LogP contribution in [-0.4, -0.2) is 29.5 Å². The zero-order valence-electron chi connectivity index (χ0n) is 10.2. The minimum absolute atomic E-state index is 0.0948. The molecule has 0 saturated carbocycles. The molecule has 1 unspecified atom stereocenters. The molecule has 1 heterocycles. The summed E-state index contributed by atoms with van der Waals surface area (Å²) < 4.78 is 8.16. The van der Waals surface area contributed by atoms with Gasteiger partial charge in [-0.2, -0.15) is 5.10 Å². The molecule has 0 saturated heterocycles. The summed E-state index contributed by atoms with van der Waals surface area (Å²) in [6.45, 7) is 5.60. The van der Waals surface area contributed by atoms with Crippen LogP contribution in [0, 0.1) is 6.92 Å². The number of ether oxygens (including phenoxy) is 1. The van der Waals surface area contributed by atoms with Crippen molar-refractivity contribution in [3.63, 3.8) is 0 Å². The van der Waals surface area contributed by atoms with Gasteiger partial charge in [0.25, 0.3) is 0 Å². The van der Waals surface area contributed by atoms with Gasteiger partial charge in [-0.25, -0.2) is 0 Å². The van der Waals surface area contributed by atoms with Gasteiger partial charge in [0, 0.05) is 19.7 Å². The van der Waals surface area contributed by atoms with Crippen LogP contribution in [0.4, 0.5) is 0 Å². The third-order valence-corrected chi connectivity index (χ3v) is 3.62. The second-order valence-electron chi connectivity index (χ2n) is 3.92. The van der Waals surface area contributed by atoms with E-state index in [4.69, 9.17) is 10.5 Å². The van der Waals surface area contributed by atoms with Gasteiger partial charge in [-0.05, 0) is 42.6 Å². The summed E-state index contributed by atoms with van der Waals surface area (Å²) in [4.78, 5) is 0. The number of aryl methyl sites for hydroxylation is 2. The summed E-state index contributed by atoms with van der Waals surface area (Å²) in [7, 11) is 1.68. The summed E-state index contributed by atoms with van der Waals surface area (Å²) >= 11 is 3.58. The number of hydrogen-bond acceptors (Lipinski definition) is 3. The molecule has 0 aliphatic heterocycles. The van der Waals surface area contributed by atoms with Gasteiger partial charge in [0.15, 0.2) is 0 Å². The molecular formula is C11H20BrN3O. The Hall–Kier alpha value is -0.390. The van der Waals surface area contributed by atoms with Crippen molar-refractivity contribution < 1.29 is 4.74 Å². The highest BCUT2D eigenvalue weighted by molar-refractivity contribution is 9.10. The second-order valence-corrected chi connectivity index (χ2v) is 4.71. The fourth-order valence-corrected chi connectivity index (χ4v) is 2.21. The smallest absolute Gasteiger partial charge is 0.0738 e. The lowest BCUT2D eigenvalue weighted by atomic mass is 10.1. The fraction of sp³-hybridized carbons (Fsp3) is 0.727. The number of halogens is 1. The molecule has 0 bridgehead atoms. The van der Waals surface area contributed by atoms with Crippen molar-refractivity contribution in [2.75, 3.05) is 13.7 Å². The zero-order chi connectivity index (χ0) is 12.1. The van der Waals surface area contributed by atoms with E-state index in [0.717, 1.165) is 29.6 Å². The van der Waals surface area contributed by atoms with Crippen LogP contribution in [0.3, 0.4) is 0 Å². The zero-order valence-corrected chi connectivity index (χ0v) is 11.7. The van der Waals surface area contributed by atoms with E-state index >= 15 is 0 Å². The summed E-state index contributed by atoms with van der Waals surface area (Å²) in [6.07, 6.45) is 1.84.